The molecule has 4 N–H and O–H groups in total. The van der Waals surface area contributed by atoms with Gasteiger partial charge in [0.2, 0.25) is 5.82 Å². The number of nitrogens with two attached hydrogens (primary N) is 2. The molecule has 0 radical (unpaired) electrons. The summed E-state index contributed by atoms with van der Waals surface area (Å²) in [6, 6.07) is 1.36. The molecule has 1 aromatic heterocycles. The Morgan fingerprint density at radius 1 is 1.64 bits per heavy atom. The van der Waals surface area contributed by atoms with Crippen molar-refractivity contribution < 1.29 is 4.92 Å². The lowest BCUT2D eigenvalue weighted by Crippen LogP contribution is -1.98. The Morgan fingerprint density at radius 2 is 2.36 bits per heavy atom. The summed E-state index contributed by atoms with van der Waals surface area (Å²) in [6.07, 6.45) is 4.78. The number of nitro groups is 1. The van der Waals surface area contributed by atoms with Gasteiger partial charge in [0, 0.05) is 18.8 Å². The maximum Gasteiger partial charge on any atom is 0.311 e. The number of rotatable bonds is 3. The van der Waals surface area contributed by atoms with Crippen LogP contribution in [0.3, 0.4) is 0 Å². The van der Waals surface area contributed by atoms with E-state index >= 15 is 0 Å². The van der Waals surface area contributed by atoms with Gasteiger partial charge < -0.3 is 11.5 Å². The normalized spacial score (nSPS) is 10.6. The molecule has 6 heteroatoms. The molecule has 0 spiro atoms. The Kier molecular flexibility index (Phi) is 3.14. The van der Waals surface area contributed by atoms with Crippen molar-refractivity contribution in [3.63, 3.8) is 0 Å². The maximum absolute atomic E-state index is 10.5. The first-order chi connectivity index (χ1) is 6.65. The van der Waals surface area contributed by atoms with Crippen LogP contribution in [0.2, 0.25) is 0 Å². The van der Waals surface area contributed by atoms with Crippen LogP contribution in [0.25, 0.3) is 6.08 Å². The molecule has 6 nitrogen and oxygen atoms in total. The fourth-order valence-electron chi connectivity index (χ4n) is 0.921. The van der Waals surface area contributed by atoms with E-state index in [0.717, 1.165) is 0 Å². The van der Waals surface area contributed by atoms with E-state index in [-0.39, 0.29) is 11.5 Å². The molecule has 0 saturated carbocycles. The Hall–Kier alpha value is -1.95. The number of aromatic nitrogens is 1. The SMILES string of the molecule is NCC=Cc1cnc(N)c([N+](=O)[O-])c1. The van der Waals surface area contributed by atoms with E-state index in [1.807, 2.05) is 0 Å². The molecule has 0 saturated heterocycles. The van der Waals surface area contributed by atoms with Gasteiger partial charge in [0.05, 0.1) is 4.92 Å². The van der Waals surface area contributed by atoms with Crippen LogP contribution in [0.4, 0.5) is 11.5 Å². The molecule has 0 aliphatic rings. The first kappa shape index (κ1) is 10.1. The van der Waals surface area contributed by atoms with Crippen LogP contribution in [0.15, 0.2) is 18.3 Å². The maximum atomic E-state index is 10.5. The van der Waals surface area contributed by atoms with Crippen molar-refractivity contribution in [2.75, 3.05) is 12.3 Å². The number of pyridine rings is 1. The van der Waals surface area contributed by atoms with E-state index < -0.39 is 4.92 Å². The third-order valence-corrected chi connectivity index (χ3v) is 1.56. The lowest BCUT2D eigenvalue weighted by atomic mass is 10.2. The first-order valence-corrected chi connectivity index (χ1v) is 3.91. The van der Waals surface area contributed by atoms with Gasteiger partial charge in [0.1, 0.15) is 0 Å². The number of hydrogen-bond acceptors (Lipinski definition) is 5. The molecule has 14 heavy (non-hydrogen) atoms. The Balaban J connectivity index is 3.06. The highest BCUT2D eigenvalue weighted by atomic mass is 16.6. The molecule has 1 aromatic rings. The third-order valence-electron chi connectivity index (χ3n) is 1.56. The highest BCUT2D eigenvalue weighted by molar-refractivity contribution is 5.60. The van der Waals surface area contributed by atoms with E-state index in [1.54, 1.807) is 12.2 Å². The molecule has 0 unspecified atom stereocenters. The third kappa shape index (κ3) is 2.27. The molecule has 0 amide bonds. The molecule has 0 atom stereocenters. The summed E-state index contributed by atoms with van der Waals surface area (Å²) < 4.78 is 0. The van der Waals surface area contributed by atoms with Gasteiger partial charge in [-0.15, -0.1) is 0 Å². The zero-order valence-electron chi connectivity index (χ0n) is 7.38. The van der Waals surface area contributed by atoms with Crippen molar-refractivity contribution in [2.45, 2.75) is 0 Å². The number of hydrogen-bond donors (Lipinski definition) is 2. The number of nitrogens with zero attached hydrogens (tertiary/aromatic N) is 2. The van der Waals surface area contributed by atoms with Gasteiger partial charge in [-0.3, -0.25) is 10.1 Å². The molecule has 0 aromatic carbocycles. The standard InChI is InChI=1S/C8H10N4O2/c9-3-1-2-6-4-7(12(13)14)8(10)11-5-6/h1-2,4-5H,3,9H2,(H2,10,11). The summed E-state index contributed by atoms with van der Waals surface area (Å²) in [6.45, 7) is 0.373. The van der Waals surface area contributed by atoms with Gasteiger partial charge in [-0.2, -0.15) is 0 Å². The van der Waals surface area contributed by atoms with Gasteiger partial charge in [0.15, 0.2) is 0 Å². The second-order valence-corrected chi connectivity index (χ2v) is 2.57. The van der Waals surface area contributed by atoms with Crippen LogP contribution in [-0.4, -0.2) is 16.5 Å². The average molecular weight is 194 g/mol. The van der Waals surface area contributed by atoms with Crippen molar-refractivity contribution in [3.8, 4) is 0 Å². The second-order valence-electron chi connectivity index (χ2n) is 2.57. The fraction of sp³-hybridized carbons (Fsp3) is 0.125. The molecule has 0 aliphatic carbocycles. The van der Waals surface area contributed by atoms with Crippen molar-refractivity contribution >= 4 is 17.6 Å². The molecule has 0 fully saturated rings. The topological polar surface area (TPSA) is 108 Å². The van der Waals surface area contributed by atoms with Crippen molar-refractivity contribution in [3.05, 3.63) is 34.0 Å². The van der Waals surface area contributed by atoms with Crippen molar-refractivity contribution in [2.24, 2.45) is 5.73 Å². The van der Waals surface area contributed by atoms with Gasteiger partial charge >= 0.3 is 5.69 Å². The van der Waals surface area contributed by atoms with Crippen LogP contribution in [0.1, 0.15) is 5.56 Å². The fourth-order valence-corrected chi connectivity index (χ4v) is 0.921. The second kappa shape index (κ2) is 4.33. The highest BCUT2D eigenvalue weighted by Gasteiger charge is 2.11. The monoisotopic (exact) mass is 194 g/mol. The van der Waals surface area contributed by atoms with Crippen LogP contribution in [0, 0.1) is 10.1 Å². The highest BCUT2D eigenvalue weighted by Crippen LogP contribution is 2.19. The zero-order valence-corrected chi connectivity index (χ0v) is 7.38. The Morgan fingerprint density at radius 3 is 2.93 bits per heavy atom. The molecule has 1 heterocycles. The van der Waals surface area contributed by atoms with Crippen molar-refractivity contribution in [1.29, 1.82) is 0 Å². The predicted octanol–water partition coefficient (Wildman–Crippen LogP) is 0.544. The van der Waals surface area contributed by atoms with Crippen LogP contribution in [0.5, 0.6) is 0 Å². The lowest BCUT2D eigenvalue weighted by molar-refractivity contribution is -0.384. The average Bonchev–Trinajstić information content (AvgIpc) is 2.16. The summed E-state index contributed by atoms with van der Waals surface area (Å²) in [5.41, 5.74) is 11.0. The number of anilines is 1. The minimum absolute atomic E-state index is 0.0834. The van der Waals surface area contributed by atoms with Gasteiger partial charge in [-0.05, 0) is 5.56 Å². The smallest absolute Gasteiger partial charge is 0.311 e. The van der Waals surface area contributed by atoms with Gasteiger partial charge in [-0.25, -0.2) is 4.98 Å². The van der Waals surface area contributed by atoms with E-state index in [0.29, 0.717) is 12.1 Å². The summed E-state index contributed by atoms with van der Waals surface area (Å²) >= 11 is 0. The zero-order chi connectivity index (χ0) is 10.6. The van der Waals surface area contributed by atoms with Crippen LogP contribution in [-0.2, 0) is 0 Å². The molecular weight excluding hydrogens is 184 g/mol. The quantitative estimate of drug-likeness (QED) is 0.539. The molecule has 0 aliphatic heterocycles. The van der Waals surface area contributed by atoms with E-state index in [2.05, 4.69) is 4.98 Å². The van der Waals surface area contributed by atoms with Crippen LogP contribution >= 0.6 is 0 Å². The predicted molar refractivity (Wildman–Crippen MR) is 53.4 cm³/mol. The molecule has 0 bridgehead atoms. The van der Waals surface area contributed by atoms with Gasteiger partial charge in [-0.1, -0.05) is 12.2 Å². The summed E-state index contributed by atoms with van der Waals surface area (Å²) in [7, 11) is 0. The number of nitrogen functional groups attached to an aromatic ring is 1. The van der Waals surface area contributed by atoms with Crippen molar-refractivity contribution in [1.82, 2.24) is 4.98 Å². The van der Waals surface area contributed by atoms with Crippen LogP contribution < -0.4 is 11.5 Å². The van der Waals surface area contributed by atoms with Gasteiger partial charge in [0.25, 0.3) is 0 Å². The largest absolute Gasteiger partial charge is 0.378 e. The summed E-state index contributed by atoms with van der Waals surface area (Å²) in [5.74, 6) is -0.0834. The first-order valence-electron chi connectivity index (χ1n) is 3.91. The molecular formula is C8H10N4O2. The van der Waals surface area contributed by atoms with E-state index in [1.165, 1.54) is 12.3 Å². The lowest BCUT2D eigenvalue weighted by Gasteiger charge is -1.97. The van der Waals surface area contributed by atoms with E-state index in [9.17, 15) is 10.1 Å². The minimum Gasteiger partial charge on any atom is -0.378 e. The Labute approximate surface area is 80.4 Å². The Bertz CT molecular complexity index is 376. The molecule has 1 rings (SSSR count). The van der Waals surface area contributed by atoms with E-state index in [4.69, 9.17) is 11.5 Å². The summed E-state index contributed by atoms with van der Waals surface area (Å²) in [5, 5.41) is 10.5. The summed E-state index contributed by atoms with van der Waals surface area (Å²) in [4.78, 5) is 13.6. The minimum atomic E-state index is -0.567. The molecule has 74 valence electrons.